The zero-order valence-corrected chi connectivity index (χ0v) is 11.5. The molecule has 0 aliphatic heterocycles. The average molecular weight is 308 g/mol. The van der Waals surface area contributed by atoms with Crippen molar-refractivity contribution in [3.05, 3.63) is 29.6 Å². The Morgan fingerprint density at radius 2 is 2.00 bits per heavy atom. The molecule has 4 nitrogen and oxygen atoms in total. The lowest BCUT2D eigenvalue weighted by Crippen LogP contribution is -2.38. The lowest BCUT2D eigenvalue weighted by Gasteiger charge is -2.21. The normalized spacial score (nSPS) is 14.4. The first-order chi connectivity index (χ1) is 9.65. The third-order valence-electron chi connectivity index (χ3n) is 2.70. The zero-order chi connectivity index (χ0) is 16.2. The summed E-state index contributed by atoms with van der Waals surface area (Å²) >= 11 is 0. The SMILES string of the molecule is C[C@@H](CN)Oc1ccc(F)cc1[C@@H](C)NC(=O)C(F)(F)F. The van der Waals surface area contributed by atoms with Gasteiger partial charge in [0.25, 0.3) is 0 Å². The van der Waals surface area contributed by atoms with Crippen LogP contribution in [0.3, 0.4) is 0 Å². The van der Waals surface area contributed by atoms with E-state index < -0.39 is 30.0 Å². The van der Waals surface area contributed by atoms with Crippen molar-refractivity contribution in [1.82, 2.24) is 5.32 Å². The zero-order valence-electron chi connectivity index (χ0n) is 11.5. The fourth-order valence-corrected chi connectivity index (χ4v) is 1.59. The van der Waals surface area contributed by atoms with Gasteiger partial charge < -0.3 is 15.8 Å². The summed E-state index contributed by atoms with van der Waals surface area (Å²) in [6, 6.07) is 2.34. The van der Waals surface area contributed by atoms with E-state index in [1.807, 2.05) is 0 Å². The number of nitrogens with one attached hydrogen (secondary N) is 1. The van der Waals surface area contributed by atoms with E-state index in [0.717, 1.165) is 12.1 Å². The monoisotopic (exact) mass is 308 g/mol. The van der Waals surface area contributed by atoms with E-state index in [0.29, 0.717) is 0 Å². The summed E-state index contributed by atoms with van der Waals surface area (Å²) in [6.45, 7) is 3.14. The Hall–Kier alpha value is -1.83. The van der Waals surface area contributed by atoms with E-state index in [1.54, 1.807) is 12.2 Å². The minimum absolute atomic E-state index is 0.105. The van der Waals surface area contributed by atoms with Crippen LogP contribution < -0.4 is 15.8 Å². The minimum atomic E-state index is -5.01. The highest BCUT2D eigenvalue weighted by molar-refractivity contribution is 5.82. The van der Waals surface area contributed by atoms with Crippen molar-refractivity contribution in [3.63, 3.8) is 0 Å². The molecule has 2 atom stereocenters. The molecule has 0 heterocycles. The van der Waals surface area contributed by atoms with Crippen molar-refractivity contribution in [1.29, 1.82) is 0 Å². The Kier molecular flexibility index (Phi) is 5.54. The summed E-state index contributed by atoms with van der Waals surface area (Å²) < 4.78 is 55.4. The molecule has 3 N–H and O–H groups in total. The van der Waals surface area contributed by atoms with E-state index in [9.17, 15) is 22.4 Å². The molecule has 0 aliphatic carbocycles. The van der Waals surface area contributed by atoms with Crippen molar-refractivity contribution in [2.75, 3.05) is 6.54 Å². The largest absolute Gasteiger partial charge is 0.489 e. The molecular weight excluding hydrogens is 292 g/mol. The minimum Gasteiger partial charge on any atom is -0.489 e. The van der Waals surface area contributed by atoms with Crippen molar-refractivity contribution in [2.24, 2.45) is 5.73 Å². The summed E-state index contributed by atoms with van der Waals surface area (Å²) in [4.78, 5) is 10.9. The first kappa shape index (κ1) is 17.2. The van der Waals surface area contributed by atoms with Crippen LogP contribution in [0.15, 0.2) is 18.2 Å². The van der Waals surface area contributed by atoms with Crippen molar-refractivity contribution < 1.29 is 27.1 Å². The smallest absolute Gasteiger partial charge is 0.471 e. The number of halogens is 4. The highest BCUT2D eigenvalue weighted by Gasteiger charge is 2.39. The van der Waals surface area contributed by atoms with E-state index in [-0.39, 0.29) is 17.9 Å². The average Bonchev–Trinajstić information content (AvgIpc) is 2.39. The van der Waals surface area contributed by atoms with E-state index in [2.05, 4.69) is 0 Å². The van der Waals surface area contributed by atoms with Gasteiger partial charge in [0, 0.05) is 12.1 Å². The van der Waals surface area contributed by atoms with Crippen molar-refractivity contribution in [2.45, 2.75) is 32.2 Å². The van der Waals surface area contributed by atoms with E-state index in [4.69, 9.17) is 10.5 Å². The highest BCUT2D eigenvalue weighted by atomic mass is 19.4. The molecule has 0 saturated carbocycles. The Balaban J connectivity index is 2.99. The van der Waals surface area contributed by atoms with Gasteiger partial charge in [-0.25, -0.2) is 4.39 Å². The molecule has 8 heteroatoms. The number of ether oxygens (including phenoxy) is 1. The Morgan fingerprint density at radius 1 is 1.38 bits per heavy atom. The van der Waals surface area contributed by atoms with Gasteiger partial charge in [-0.05, 0) is 32.0 Å². The molecule has 1 aromatic carbocycles. The van der Waals surface area contributed by atoms with Crippen LogP contribution in [0.5, 0.6) is 5.75 Å². The molecule has 21 heavy (non-hydrogen) atoms. The second-order valence-electron chi connectivity index (χ2n) is 4.54. The van der Waals surface area contributed by atoms with Crippen LogP contribution in [0.2, 0.25) is 0 Å². The number of nitrogens with two attached hydrogens (primary N) is 1. The standard InChI is InChI=1S/C13H16F4N2O2/c1-7(6-18)21-11-4-3-9(14)5-10(11)8(2)19-12(20)13(15,16)17/h3-5,7-8H,6,18H2,1-2H3,(H,19,20)/t7-,8+/m0/s1. The predicted molar refractivity (Wildman–Crippen MR) is 68.2 cm³/mol. The number of hydrogen-bond donors (Lipinski definition) is 2. The summed E-state index contributed by atoms with van der Waals surface area (Å²) in [5, 5.41) is 1.75. The van der Waals surface area contributed by atoms with Gasteiger partial charge in [0.05, 0.1) is 6.04 Å². The molecule has 0 aromatic heterocycles. The molecule has 0 unspecified atom stereocenters. The maximum atomic E-state index is 13.3. The summed E-state index contributed by atoms with van der Waals surface area (Å²) in [7, 11) is 0. The lowest BCUT2D eigenvalue weighted by atomic mass is 10.1. The maximum absolute atomic E-state index is 13.3. The van der Waals surface area contributed by atoms with Gasteiger partial charge in [0.2, 0.25) is 0 Å². The van der Waals surface area contributed by atoms with Crippen LogP contribution in [-0.4, -0.2) is 24.7 Å². The molecule has 0 bridgehead atoms. The molecule has 0 aliphatic rings. The van der Waals surface area contributed by atoms with Crippen LogP contribution >= 0.6 is 0 Å². The summed E-state index contributed by atoms with van der Waals surface area (Å²) in [5.41, 5.74) is 5.50. The molecule has 0 fully saturated rings. The fourth-order valence-electron chi connectivity index (χ4n) is 1.59. The second-order valence-corrected chi connectivity index (χ2v) is 4.54. The summed E-state index contributed by atoms with van der Waals surface area (Å²) in [5.74, 6) is -2.58. The fraction of sp³-hybridized carbons (Fsp3) is 0.462. The maximum Gasteiger partial charge on any atom is 0.471 e. The van der Waals surface area contributed by atoms with E-state index in [1.165, 1.54) is 13.0 Å². The molecule has 1 amide bonds. The van der Waals surface area contributed by atoms with E-state index >= 15 is 0 Å². The first-order valence-electron chi connectivity index (χ1n) is 6.19. The van der Waals surface area contributed by atoms with Gasteiger partial charge in [0.15, 0.2) is 0 Å². The molecule has 1 rings (SSSR count). The topological polar surface area (TPSA) is 64.3 Å². The third kappa shape index (κ3) is 4.89. The molecule has 0 radical (unpaired) electrons. The van der Waals surface area contributed by atoms with Gasteiger partial charge in [0.1, 0.15) is 17.7 Å². The molecule has 0 spiro atoms. The Bertz CT molecular complexity index is 505. The van der Waals surface area contributed by atoms with Gasteiger partial charge >= 0.3 is 12.1 Å². The van der Waals surface area contributed by atoms with Crippen molar-refractivity contribution >= 4 is 5.91 Å². The highest BCUT2D eigenvalue weighted by Crippen LogP contribution is 2.28. The number of benzene rings is 1. The van der Waals surface area contributed by atoms with Crippen LogP contribution in [-0.2, 0) is 4.79 Å². The van der Waals surface area contributed by atoms with Crippen LogP contribution in [0.25, 0.3) is 0 Å². The molecule has 1 aromatic rings. The Morgan fingerprint density at radius 3 is 2.52 bits per heavy atom. The molecular formula is C13H16F4N2O2. The summed E-state index contributed by atoms with van der Waals surface area (Å²) in [6.07, 6.45) is -5.41. The van der Waals surface area contributed by atoms with Crippen LogP contribution in [0.4, 0.5) is 17.6 Å². The number of carbonyl (C=O) groups excluding carboxylic acids is 1. The number of carbonyl (C=O) groups is 1. The van der Waals surface area contributed by atoms with Gasteiger partial charge in [-0.1, -0.05) is 0 Å². The lowest BCUT2D eigenvalue weighted by molar-refractivity contribution is -0.174. The first-order valence-corrected chi connectivity index (χ1v) is 6.19. The van der Waals surface area contributed by atoms with Gasteiger partial charge in [-0.3, -0.25) is 4.79 Å². The number of alkyl halides is 3. The number of rotatable bonds is 5. The van der Waals surface area contributed by atoms with Gasteiger partial charge in [-0.15, -0.1) is 0 Å². The van der Waals surface area contributed by atoms with Crippen molar-refractivity contribution in [3.8, 4) is 5.75 Å². The molecule has 0 saturated heterocycles. The number of hydrogen-bond acceptors (Lipinski definition) is 3. The second kappa shape index (κ2) is 6.75. The van der Waals surface area contributed by atoms with Crippen LogP contribution in [0, 0.1) is 5.82 Å². The van der Waals surface area contributed by atoms with Gasteiger partial charge in [-0.2, -0.15) is 13.2 Å². The quantitative estimate of drug-likeness (QED) is 0.820. The van der Waals surface area contributed by atoms with Crippen LogP contribution in [0.1, 0.15) is 25.5 Å². The predicted octanol–water partition coefficient (Wildman–Crippen LogP) is 2.29. The molecule has 118 valence electrons. The Labute approximate surface area is 119 Å². The third-order valence-corrected chi connectivity index (χ3v) is 2.70. The number of amides is 1.